The number of nitrogens with one attached hydrogen (secondary N) is 1. The third kappa shape index (κ3) is 4.45. The number of halogens is 1. The molecule has 1 N–H and O–H groups in total. The molecule has 1 saturated heterocycles. The molecule has 6 rings (SSSR count). The highest BCUT2D eigenvalue weighted by Crippen LogP contribution is 2.33. The normalized spacial score (nSPS) is 16.2. The van der Waals surface area contributed by atoms with Gasteiger partial charge in [-0.1, -0.05) is 23.7 Å². The van der Waals surface area contributed by atoms with E-state index in [0.717, 1.165) is 54.0 Å². The van der Waals surface area contributed by atoms with Crippen LogP contribution in [0.4, 0.5) is 17.5 Å². The van der Waals surface area contributed by atoms with E-state index in [1.807, 2.05) is 30.3 Å². The molecule has 1 saturated carbocycles. The largest absolute Gasteiger partial charge is 0.378 e. The second-order valence-electron chi connectivity index (χ2n) is 9.11. The molecule has 2 aromatic heterocycles. The van der Waals surface area contributed by atoms with Crippen LogP contribution in [0.2, 0.25) is 5.02 Å². The van der Waals surface area contributed by atoms with Crippen LogP contribution in [0.1, 0.15) is 18.5 Å². The first-order valence-electron chi connectivity index (χ1n) is 11.8. The van der Waals surface area contributed by atoms with Gasteiger partial charge in [-0.3, -0.25) is 4.68 Å². The highest BCUT2D eigenvalue weighted by atomic mass is 35.5. The highest BCUT2D eigenvalue weighted by molar-refractivity contribution is 6.30. The molecular formula is C26H27ClN6O. The molecule has 2 aromatic carbocycles. The molecule has 2 fully saturated rings. The van der Waals surface area contributed by atoms with Crippen molar-refractivity contribution in [3.8, 4) is 11.3 Å². The van der Waals surface area contributed by atoms with Gasteiger partial charge in [-0.05, 0) is 56.0 Å². The maximum atomic E-state index is 6.07. The number of rotatable bonds is 6. The number of hydrogen-bond donors (Lipinski definition) is 1. The Morgan fingerprint density at radius 3 is 2.59 bits per heavy atom. The first kappa shape index (κ1) is 21.4. The molecule has 0 atom stereocenters. The topological polar surface area (TPSA) is 68.1 Å². The molecule has 1 aliphatic carbocycles. The number of morpholine rings is 1. The van der Waals surface area contributed by atoms with E-state index >= 15 is 0 Å². The number of hydrogen-bond acceptors (Lipinski definition) is 6. The monoisotopic (exact) mass is 474 g/mol. The van der Waals surface area contributed by atoms with Crippen LogP contribution >= 0.6 is 11.6 Å². The van der Waals surface area contributed by atoms with Crippen LogP contribution in [-0.4, -0.2) is 46.1 Å². The van der Waals surface area contributed by atoms with E-state index in [1.54, 1.807) is 0 Å². The van der Waals surface area contributed by atoms with Gasteiger partial charge in [0.2, 0.25) is 5.95 Å². The molecule has 8 heteroatoms. The quantitative estimate of drug-likeness (QED) is 0.401. The summed E-state index contributed by atoms with van der Waals surface area (Å²) in [4.78, 5) is 12.0. The molecule has 174 valence electrons. The summed E-state index contributed by atoms with van der Waals surface area (Å²) in [6.07, 6.45) is 2.60. The average molecular weight is 475 g/mol. The number of aromatic nitrogens is 4. The van der Waals surface area contributed by atoms with Crippen LogP contribution < -0.4 is 10.2 Å². The Labute approximate surface area is 203 Å². The van der Waals surface area contributed by atoms with E-state index in [1.165, 1.54) is 23.7 Å². The predicted octanol–water partition coefficient (Wildman–Crippen LogP) is 5.45. The number of ether oxygens (including phenoxy) is 1. The average Bonchev–Trinajstić information content (AvgIpc) is 3.63. The zero-order valence-corrected chi connectivity index (χ0v) is 19.9. The van der Waals surface area contributed by atoms with Gasteiger partial charge in [-0.2, -0.15) is 10.1 Å². The Bertz CT molecular complexity index is 1330. The lowest BCUT2D eigenvalue weighted by atomic mass is 10.1. The van der Waals surface area contributed by atoms with Crippen molar-refractivity contribution in [3.05, 3.63) is 59.2 Å². The summed E-state index contributed by atoms with van der Waals surface area (Å²) in [5.74, 6) is 2.21. The molecule has 4 aromatic rings. The van der Waals surface area contributed by atoms with Gasteiger partial charge >= 0.3 is 0 Å². The Morgan fingerprint density at radius 2 is 1.82 bits per heavy atom. The molecule has 2 aliphatic rings. The molecular weight excluding hydrogens is 448 g/mol. The van der Waals surface area contributed by atoms with Crippen molar-refractivity contribution in [3.63, 3.8) is 0 Å². The summed E-state index contributed by atoms with van der Waals surface area (Å²) in [6, 6.07) is 16.2. The number of nitrogens with zero attached hydrogens (tertiary/aromatic N) is 5. The van der Waals surface area contributed by atoms with E-state index in [0.29, 0.717) is 24.2 Å². The van der Waals surface area contributed by atoms with Gasteiger partial charge in [0.05, 0.1) is 30.1 Å². The lowest BCUT2D eigenvalue weighted by Gasteiger charge is -2.27. The summed E-state index contributed by atoms with van der Waals surface area (Å²) in [5, 5.41) is 10.1. The molecule has 0 bridgehead atoms. The maximum Gasteiger partial charge on any atom is 0.228 e. The SMILES string of the molecule is Cc1nn(CC2CC2)c2cc(-c3cc(Nc4ccc(Cl)cc4)nc(N4CCOCC4)n3)ccc12. The van der Waals surface area contributed by atoms with Crippen molar-refractivity contribution < 1.29 is 4.74 Å². The summed E-state index contributed by atoms with van der Waals surface area (Å²) >= 11 is 6.07. The van der Waals surface area contributed by atoms with Gasteiger partial charge in [0.15, 0.2) is 0 Å². The Kier molecular flexibility index (Phi) is 5.59. The van der Waals surface area contributed by atoms with Crippen molar-refractivity contribution in [2.24, 2.45) is 5.92 Å². The summed E-state index contributed by atoms with van der Waals surface area (Å²) < 4.78 is 7.71. The molecule has 0 amide bonds. The van der Waals surface area contributed by atoms with Crippen molar-refractivity contribution in [1.82, 2.24) is 19.7 Å². The second kappa shape index (κ2) is 8.89. The first-order chi connectivity index (χ1) is 16.6. The van der Waals surface area contributed by atoms with Gasteiger partial charge in [0.25, 0.3) is 0 Å². The molecule has 7 nitrogen and oxygen atoms in total. The number of anilines is 3. The van der Waals surface area contributed by atoms with Gasteiger partial charge in [-0.25, -0.2) is 4.98 Å². The minimum Gasteiger partial charge on any atom is -0.378 e. The molecule has 0 spiro atoms. The molecule has 1 aliphatic heterocycles. The number of benzene rings is 2. The van der Waals surface area contributed by atoms with Crippen LogP contribution in [0, 0.1) is 12.8 Å². The predicted molar refractivity (Wildman–Crippen MR) is 136 cm³/mol. The fourth-order valence-corrected chi connectivity index (χ4v) is 4.54. The number of fused-ring (bicyclic) bond motifs is 1. The van der Waals surface area contributed by atoms with Crippen LogP contribution in [0.15, 0.2) is 48.5 Å². The van der Waals surface area contributed by atoms with Gasteiger partial charge < -0.3 is 15.0 Å². The summed E-state index contributed by atoms with van der Waals surface area (Å²) in [7, 11) is 0. The molecule has 0 unspecified atom stereocenters. The molecule has 3 heterocycles. The third-order valence-electron chi connectivity index (χ3n) is 6.49. The van der Waals surface area contributed by atoms with Gasteiger partial charge in [-0.15, -0.1) is 0 Å². The van der Waals surface area contributed by atoms with E-state index in [4.69, 9.17) is 31.4 Å². The van der Waals surface area contributed by atoms with Gasteiger partial charge in [0, 0.05) is 47.4 Å². The Morgan fingerprint density at radius 1 is 1.03 bits per heavy atom. The van der Waals surface area contributed by atoms with Crippen LogP contribution in [-0.2, 0) is 11.3 Å². The first-order valence-corrected chi connectivity index (χ1v) is 12.2. The zero-order valence-electron chi connectivity index (χ0n) is 19.2. The fraction of sp³-hybridized carbons (Fsp3) is 0.346. The van der Waals surface area contributed by atoms with Crippen molar-refractivity contribution >= 4 is 40.0 Å². The van der Waals surface area contributed by atoms with Crippen LogP contribution in [0.3, 0.4) is 0 Å². The van der Waals surface area contributed by atoms with Crippen LogP contribution in [0.25, 0.3) is 22.2 Å². The van der Waals surface area contributed by atoms with E-state index in [2.05, 4.69) is 40.0 Å². The number of aryl methyl sites for hydroxylation is 1. The Balaban J connectivity index is 1.41. The van der Waals surface area contributed by atoms with E-state index in [9.17, 15) is 0 Å². The van der Waals surface area contributed by atoms with Gasteiger partial charge in [0.1, 0.15) is 5.82 Å². The van der Waals surface area contributed by atoms with Crippen molar-refractivity contribution in [1.29, 1.82) is 0 Å². The summed E-state index contributed by atoms with van der Waals surface area (Å²) in [5.41, 5.74) is 5.10. The lowest BCUT2D eigenvalue weighted by Crippen LogP contribution is -2.37. The van der Waals surface area contributed by atoms with E-state index < -0.39 is 0 Å². The second-order valence-corrected chi connectivity index (χ2v) is 9.55. The van der Waals surface area contributed by atoms with Crippen molar-refractivity contribution in [2.45, 2.75) is 26.3 Å². The summed E-state index contributed by atoms with van der Waals surface area (Å²) in [6.45, 7) is 5.98. The minimum absolute atomic E-state index is 0.680. The zero-order chi connectivity index (χ0) is 23.1. The molecule has 34 heavy (non-hydrogen) atoms. The third-order valence-corrected chi connectivity index (χ3v) is 6.74. The molecule has 0 radical (unpaired) electrons. The smallest absolute Gasteiger partial charge is 0.228 e. The lowest BCUT2D eigenvalue weighted by molar-refractivity contribution is 0.122. The highest BCUT2D eigenvalue weighted by Gasteiger charge is 2.24. The Hall–Kier alpha value is -3.16. The fourth-order valence-electron chi connectivity index (χ4n) is 4.42. The maximum absolute atomic E-state index is 6.07. The standard InChI is InChI=1S/C26H27ClN6O/c1-17-22-9-4-19(14-24(22)33(31-17)16-18-2-3-18)23-15-25(28-21-7-5-20(27)6-8-21)30-26(29-23)32-10-12-34-13-11-32/h4-9,14-15,18H,2-3,10-13,16H2,1H3,(H,28,29,30). The minimum atomic E-state index is 0.680. The van der Waals surface area contributed by atoms with Crippen LogP contribution in [0.5, 0.6) is 0 Å². The van der Waals surface area contributed by atoms with Crippen molar-refractivity contribution in [2.75, 3.05) is 36.5 Å². The van der Waals surface area contributed by atoms with E-state index in [-0.39, 0.29) is 0 Å².